The van der Waals surface area contributed by atoms with Gasteiger partial charge in [0.2, 0.25) is 0 Å². The number of carbonyl (C=O) groups excluding carboxylic acids is 4. The molecule has 4 atom stereocenters. The summed E-state index contributed by atoms with van der Waals surface area (Å²) in [5.41, 5.74) is 0. The summed E-state index contributed by atoms with van der Waals surface area (Å²) in [6.45, 7) is 1.26. The largest absolute Gasteiger partial charge is 0.463 e. The van der Waals surface area contributed by atoms with Crippen LogP contribution in [0.4, 0.5) is 0 Å². The van der Waals surface area contributed by atoms with Crippen LogP contribution in [-0.4, -0.2) is 76.7 Å². The average molecular weight is 511 g/mol. The standard InChI is InChI=1S/C26H38O10/c27-23-19-7-1-3-9-21(19)25(29)35-17-15-31-13-14-32-16-18-36-26(30)22-10-4-2-8-20(22)24(28)34-12-6-5-11-33-23/h5-6,19-22H,1-4,7-18H2/b6-5+. The maximum atomic E-state index is 12.6. The van der Waals surface area contributed by atoms with E-state index in [-0.39, 0.29) is 39.6 Å². The summed E-state index contributed by atoms with van der Waals surface area (Å²) in [5, 5.41) is 0. The number of cyclic esters (lactones) is 4. The van der Waals surface area contributed by atoms with Crippen molar-refractivity contribution in [2.24, 2.45) is 23.7 Å². The molecule has 1 heterocycles. The van der Waals surface area contributed by atoms with E-state index < -0.39 is 47.5 Å². The third kappa shape index (κ3) is 8.89. The Balaban J connectivity index is 1.56. The lowest BCUT2D eigenvalue weighted by Crippen LogP contribution is -2.35. The molecule has 0 radical (unpaired) electrons. The number of ether oxygens (including phenoxy) is 6. The summed E-state index contributed by atoms with van der Waals surface area (Å²) in [6.07, 6.45) is 8.98. The molecule has 0 saturated heterocycles. The lowest BCUT2D eigenvalue weighted by Gasteiger charge is -2.28. The van der Waals surface area contributed by atoms with Crippen LogP contribution in [0.2, 0.25) is 0 Å². The summed E-state index contributed by atoms with van der Waals surface area (Å²) in [6, 6.07) is 0. The van der Waals surface area contributed by atoms with E-state index in [1.807, 2.05) is 0 Å². The first kappa shape index (κ1) is 28.1. The Hall–Kier alpha value is -2.46. The van der Waals surface area contributed by atoms with Gasteiger partial charge >= 0.3 is 23.9 Å². The lowest BCUT2D eigenvalue weighted by molar-refractivity contribution is -0.163. The Bertz CT molecular complexity index is 702. The first-order chi connectivity index (χ1) is 17.6. The maximum absolute atomic E-state index is 12.6. The predicted octanol–water partition coefficient (Wildman–Crippen LogP) is 2.38. The number of fused-ring (bicyclic) bond motifs is 2. The number of hydrogen-bond acceptors (Lipinski definition) is 10. The lowest BCUT2D eigenvalue weighted by atomic mass is 9.79. The van der Waals surface area contributed by atoms with Crippen LogP contribution in [0.15, 0.2) is 12.2 Å². The van der Waals surface area contributed by atoms with E-state index in [0.29, 0.717) is 38.9 Å². The molecule has 1 aliphatic heterocycles. The van der Waals surface area contributed by atoms with Gasteiger partial charge in [0, 0.05) is 0 Å². The minimum Gasteiger partial charge on any atom is -0.463 e. The van der Waals surface area contributed by atoms with Crippen molar-refractivity contribution in [2.75, 3.05) is 52.9 Å². The molecule has 2 aliphatic carbocycles. The molecule has 0 amide bonds. The van der Waals surface area contributed by atoms with Crippen molar-refractivity contribution in [1.82, 2.24) is 0 Å². The van der Waals surface area contributed by atoms with Crippen LogP contribution in [0, 0.1) is 23.7 Å². The highest BCUT2D eigenvalue weighted by Gasteiger charge is 2.39. The molecule has 3 aliphatic rings. The molecular weight excluding hydrogens is 472 g/mol. The molecule has 36 heavy (non-hydrogen) atoms. The molecule has 3 rings (SSSR count). The molecule has 0 N–H and O–H groups in total. The topological polar surface area (TPSA) is 124 Å². The first-order valence-corrected chi connectivity index (χ1v) is 13.0. The van der Waals surface area contributed by atoms with Gasteiger partial charge < -0.3 is 28.4 Å². The molecule has 2 saturated carbocycles. The summed E-state index contributed by atoms with van der Waals surface area (Å²) < 4.78 is 32.2. The zero-order valence-electron chi connectivity index (χ0n) is 20.9. The SMILES string of the molecule is O=C1OC/C=C/COC(=O)C2CCCCC2C(=O)OCCOCCOCCOC(=O)C2CCCCC12. The van der Waals surface area contributed by atoms with Crippen LogP contribution in [0.1, 0.15) is 51.4 Å². The van der Waals surface area contributed by atoms with Gasteiger partial charge in [0.15, 0.2) is 0 Å². The van der Waals surface area contributed by atoms with E-state index in [0.717, 1.165) is 25.7 Å². The van der Waals surface area contributed by atoms with Gasteiger partial charge in [-0.1, -0.05) is 25.7 Å². The van der Waals surface area contributed by atoms with Crippen molar-refractivity contribution in [3.63, 3.8) is 0 Å². The van der Waals surface area contributed by atoms with E-state index in [1.165, 1.54) is 0 Å². The molecule has 0 spiro atoms. The Morgan fingerprint density at radius 2 is 0.750 bits per heavy atom. The van der Waals surface area contributed by atoms with E-state index in [1.54, 1.807) is 12.2 Å². The summed E-state index contributed by atoms with van der Waals surface area (Å²) in [5.74, 6) is -3.75. The van der Waals surface area contributed by atoms with Crippen LogP contribution in [0.25, 0.3) is 0 Å². The van der Waals surface area contributed by atoms with Crippen molar-refractivity contribution >= 4 is 23.9 Å². The predicted molar refractivity (Wildman–Crippen MR) is 126 cm³/mol. The van der Waals surface area contributed by atoms with Gasteiger partial charge in [-0.15, -0.1) is 0 Å². The molecule has 0 aromatic carbocycles. The van der Waals surface area contributed by atoms with Gasteiger partial charge in [-0.2, -0.15) is 0 Å². The van der Waals surface area contributed by atoms with Gasteiger partial charge in [0.05, 0.1) is 50.1 Å². The van der Waals surface area contributed by atoms with Crippen LogP contribution < -0.4 is 0 Å². The first-order valence-electron chi connectivity index (χ1n) is 13.0. The third-order valence-electron chi connectivity index (χ3n) is 6.87. The molecule has 10 heteroatoms. The Morgan fingerprint density at radius 1 is 0.444 bits per heavy atom. The van der Waals surface area contributed by atoms with Crippen molar-refractivity contribution in [2.45, 2.75) is 51.4 Å². The van der Waals surface area contributed by atoms with E-state index in [9.17, 15) is 19.2 Å². The van der Waals surface area contributed by atoms with E-state index in [2.05, 4.69) is 0 Å². The van der Waals surface area contributed by atoms with Crippen LogP contribution >= 0.6 is 0 Å². The third-order valence-corrected chi connectivity index (χ3v) is 6.87. The smallest absolute Gasteiger partial charge is 0.310 e. The summed E-state index contributed by atoms with van der Waals surface area (Å²) >= 11 is 0. The number of esters is 4. The second kappa shape index (κ2) is 15.6. The molecule has 0 bridgehead atoms. The van der Waals surface area contributed by atoms with Gasteiger partial charge in [-0.05, 0) is 37.8 Å². The van der Waals surface area contributed by atoms with Gasteiger partial charge in [0.1, 0.15) is 26.4 Å². The Labute approximate surface area is 211 Å². The highest BCUT2D eigenvalue weighted by atomic mass is 16.6. The van der Waals surface area contributed by atoms with Crippen molar-refractivity contribution in [1.29, 1.82) is 0 Å². The summed E-state index contributed by atoms with van der Waals surface area (Å²) in [7, 11) is 0. The second-order valence-electron chi connectivity index (χ2n) is 9.29. The van der Waals surface area contributed by atoms with Crippen LogP contribution in [-0.2, 0) is 47.6 Å². The Kier molecular flexibility index (Phi) is 12.2. The fourth-order valence-electron chi connectivity index (χ4n) is 4.94. The number of carbonyl (C=O) groups is 4. The van der Waals surface area contributed by atoms with Crippen molar-refractivity contribution in [3.8, 4) is 0 Å². The van der Waals surface area contributed by atoms with E-state index >= 15 is 0 Å². The molecule has 0 aromatic heterocycles. The fraction of sp³-hybridized carbons (Fsp3) is 0.769. The van der Waals surface area contributed by atoms with Crippen LogP contribution in [0.3, 0.4) is 0 Å². The molecule has 2 fully saturated rings. The van der Waals surface area contributed by atoms with Crippen LogP contribution in [0.5, 0.6) is 0 Å². The molecule has 10 nitrogen and oxygen atoms in total. The molecule has 0 aromatic rings. The van der Waals surface area contributed by atoms with Crippen molar-refractivity contribution in [3.05, 3.63) is 12.2 Å². The maximum Gasteiger partial charge on any atom is 0.310 e. The zero-order chi connectivity index (χ0) is 25.6. The highest BCUT2D eigenvalue weighted by molar-refractivity contribution is 5.83. The Morgan fingerprint density at radius 3 is 1.11 bits per heavy atom. The minimum absolute atomic E-state index is 0.0168. The minimum atomic E-state index is -0.527. The normalized spacial score (nSPS) is 31.8. The fourth-order valence-corrected chi connectivity index (χ4v) is 4.94. The second-order valence-corrected chi connectivity index (χ2v) is 9.29. The zero-order valence-corrected chi connectivity index (χ0v) is 20.9. The molecule has 4 unspecified atom stereocenters. The molecule has 202 valence electrons. The van der Waals surface area contributed by atoms with E-state index in [4.69, 9.17) is 28.4 Å². The quantitative estimate of drug-likeness (QED) is 0.273. The monoisotopic (exact) mass is 510 g/mol. The number of rotatable bonds is 0. The van der Waals surface area contributed by atoms with Crippen molar-refractivity contribution < 1.29 is 47.6 Å². The van der Waals surface area contributed by atoms with Gasteiger partial charge in [-0.3, -0.25) is 19.2 Å². The van der Waals surface area contributed by atoms with Gasteiger partial charge in [0.25, 0.3) is 0 Å². The highest BCUT2D eigenvalue weighted by Crippen LogP contribution is 2.33. The van der Waals surface area contributed by atoms with Gasteiger partial charge in [-0.25, -0.2) is 0 Å². The molecular formula is C26H38O10. The average Bonchev–Trinajstić information content (AvgIpc) is 2.90. The summed E-state index contributed by atoms with van der Waals surface area (Å²) in [4.78, 5) is 50.3. The number of hydrogen-bond donors (Lipinski definition) is 0.